The highest BCUT2D eigenvalue weighted by atomic mass is 16.6. The van der Waals surface area contributed by atoms with Crippen molar-refractivity contribution in [1.29, 1.82) is 0 Å². The predicted molar refractivity (Wildman–Crippen MR) is 94.9 cm³/mol. The van der Waals surface area contributed by atoms with Crippen molar-refractivity contribution in [3.05, 3.63) is 42.0 Å². The van der Waals surface area contributed by atoms with Crippen LogP contribution in [0.1, 0.15) is 10.4 Å². The topological polar surface area (TPSA) is 72.5 Å². The number of benzene rings is 2. The lowest BCUT2D eigenvalue weighted by molar-refractivity contribution is 0.0449. The van der Waals surface area contributed by atoms with Crippen LogP contribution in [-0.4, -0.2) is 47.6 Å². The zero-order valence-corrected chi connectivity index (χ0v) is 15.2. The molecule has 0 spiro atoms. The van der Waals surface area contributed by atoms with Gasteiger partial charge in [0.05, 0.1) is 34.0 Å². The number of rotatable bonds is 9. The molecule has 0 radical (unpaired) electrons. The van der Waals surface area contributed by atoms with E-state index in [9.17, 15) is 4.79 Å². The highest BCUT2D eigenvalue weighted by Crippen LogP contribution is 2.38. The first-order valence-electron chi connectivity index (χ1n) is 7.87. The molecule has 7 nitrogen and oxygen atoms in total. The van der Waals surface area contributed by atoms with Crippen LogP contribution >= 0.6 is 0 Å². The summed E-state index contributed by atoms with van der Waals surface area (Å²) in [7, 11) is 6.05. The fourth-order valence-electron chi connectivity index (χ4n) is 2.25. The minimum Gasteiger partial charge on any atom is -0.497 e. The maximum absolute atomic E-state index is 12.2. The van der Waals surface area contributed by atoms with Gasteiger partial charge in [-0.2, -0.15) is 0 Å². The summed E-state index contributed by atoms with van der Waals surface area (Å²) in [6.45, 7) is 0.323. The fraction of sp³-hybridized carbons (Fsp3) is 0.316. The third kappa shape index (κ3) is 4.72. The van der Waals surface area contributed by atoms with Gasteiger partial charge in [-0.1, -0.05) is 0 Å². The Bertz CT molecular complexity index is 700. The molecule has 26 heavy (non-hydrogen) atoms. The second kappa shape index (κ2) is 9.41. The number of ether oxygens (including phenoxy) is 6. The van der Waals surface area contributed by atoms with Gasteiger partial charge >= 0.3 is 5.97 Å². The van der Waals surface area contributed by atoms with E-state index in [0.29, 0.717) is 28.6 Å². The van der Waals surface area contributed by atoms with Crippen LogP contribution in [0.5, 0.6) is 28.7 Å². The van der Waals surface area contributed by atoms with Gasteiger partial charge in [0.25, 0.3) is 0 Å². The van der Waals surface area contributed by atoms with E-state index < -0.39 is 5.97 Å². The molecule has 0 heterocycles. The van der Waals surface area contributed by atoms with E-state index in [1.165, 1.54) is 33.5 Å². The molecule has 2 aromatic carbocycles. The number of esters is 1. The molecule has 0 saturated carbocycles. The third-order valence-corrected chi connectivity index (χ3v) is 3.55. The summed E-state index contributed by atoms with van der Waals surface area (Å²) in [6.07, 6.45) is 0. The van der Waals surface area contributed by atoms with Crippen LogP contribution in [0.3, 0.4) is 0 Å². The van der Waals surface area contributed by atoms with E-state index in [1.807, 2.05) is 0 Å². The van der Waals surface area contributed by atoms with Crippen molar-refractivity contribution >= 4 is 5.97 Å². The predicted octanol–water partition coefficient (Wildman–Crippen LogP) is 2.96. The van der Waals surface area contributed by atoms with E-state index in [0.717, 1.165) is 5.75 Å². The molecule has 0 saturated heterocycles. The zero-order valence-electron chi connectivity index (χ0n) is 15.2. The lowest BCUT2D eigenvalue weighted by Crippen LogP contribution is -2.13. The first-order chi connectivity index (χ1) is 12.6. The van der Waals surface area contributed by atoms with Crippen LogP contribution in [0.15, 0.2) is 36.4 Å². The Labute approximate surface area is 152 Å². The van der Waals surface area contributed by atoms with Crippen molar-refractivity contribution in [2.75, 3.05) is 41.7 Å². The average Bonchev–Trinajstić information content (AvgIpc) is 2.70. The van der Waals surface area contributed by atoms with Crippen molar-refractivity contribution in [3.8, 4) is 28.7 Å². The largest absolute Gasteiger partial charge is 0.497 e. The molecule has 0 bridgehead atoms. The molecule has 0 aliphatic rings. The molecule has 140 valence electrons. The van der Waals surface area contributed by atoms with Crippen LogP contribution in [0.2, 0.25) is 0 Å². The van der Waals surface area contributed by atoms with Crippen LogP contribution < -0.4 is 23.7 Å². The molecule has 7 heteroatoms. The van der Waals surface area contributed by atoms with Gasteiger partial charge in [0.1, 0.15) is 24.7 Å². The van der Waals surface area contributed by atoms with Crippen molar-refractivity contribution in [2.24, 2.45) is 0 Å². The third-order valence-electron chi connectivity index (χ3n) is 3.55. The van der Waals surface area contributed by atoms with E-state index in [2.05, 4.69) is 0 Å². The van der Waals surface area contributed by atoms with E-state index in [1.54, 1.807) is 31.4 Å². The fourth-order valence-corrected chi connectivity index (χ4v) is 2.25. The number of carbonyl (C=O) groups is 1. The van der Waals surface area contributed by atoms with Crippen LogP contribution in [0, 0.1) is 0 Å². The Hall–Kier alpha value is -3.09. The molecule has 0 aliphatic carbocycles. The van der Waals surface area contributed by atoms with Gasteiger partial charge in [-0.15, -0.1) is 0 Å². The Morgan fingerprint density at radius 1 is 0.769 bits per heavy atom. The number of methoxy groups -OCH3 is 4. The van der Waals surface area contributed by atoms with Gasteiger partial charge in [0, 0.05) is 0 Å². The maximum Gasteiger partial charge on any atom is 0.338 e. The van der Waals surface area contributed by atoms with Gasteiger partial charge in [-0.3, -0.25) is 0 Å². The first-order valence-corrected chi connectivity index (χ1v) is 7.87. The quantitative estimate of drug-likeness (QED) is 0.501. The summed E-state index contributed by atoms with van der Waals surface area (Å²) in [5.74, 6) is 2.07. The standard InChI is InChI=1S/C19H22O7/c1-21-14-5-7-15(8-6-14)25-9-10-26-19(20)13-11-16(22-2)18(24-4)17(12-13)23-3/h5-8,11-12H,9-10H2,1-4H3. The molecule has 0 aliphatic heterocycles. The summed E-state index contributed by atoms with van der Waals surface area (Å²) < 4.78 is 31.5. The summed E-state index contributed by atoms with van der Waals surface area (Å²) >= 11 is 0. The maximum atomic E-state index is 12.2. The summed E-state index contributed by atoms with van der Waals surface area (Å²) in [4.78, 5) is 12.2. The highest BCUT2D eigenvalue weighted by Gasteiger charge is 2.17. The molecule has 0 N–H and O–H groups in total. The second-order valence-electron chi connectivity index (χ2n) is 5.07. The molecular weight excluding hydrogens is 340 g/mol. The smallest absolute Gasteiger partial charge is 0.338 e. The van der Waals surface area contributed by atoms with Gasteiger partial charge in [0.2, 0.25) is 5.75 Å². The van der Waals surface area contributed by atoms with Crippen molar-refractivity contribution in [2.45, 2.75) is 0 Å². The lowest BCUT2D eigenvalue weighted by atomic mass is 10.2. The van der Waals surface area contributed by atoms with E-state index in [-0.39, 0.29) is 13.2 Å². The Morgan fingerprint density at radius 3 is 1.85 bits per heavy atom. The van der Waals surface area contributed by atoms with Crippen molar-refractivity contribution in [3.63, 3.8) is 0 Å². The Morgan fingerprint density at radius 2 is 1.35 bits per heavy atom. The minimum atomic E-state index is -0.511. The lowest BCUT2D eigenvalue weighted by Gasteiger charge is -2.14. The molecule has 0 unspecified atom stereocenters. The minimum absolute atomic E-state index is 0.0987. The van der Waals surface area contributed by atoms with Crippen LogP contribution in [-0.2, 0) is 4.74 Å². The van der Waals surface area contributed by atoms with E-state index in [4.69, 9.17) is 28.4 Å². The Kier molecular flexibility index (Phi) is 6.96. The van der Waals surface area contributed by atoms with Crippen LogP contribution in [0.25, 0.3) is 0 Å². The van der Waals surface area contributed by atoms with Gasteiger partial charge in [0.15, 0.2) is 11.5 Å². The molecule has 0 fully saturated rings. The van der Waals surface area contributed by atoms with Gasteiger partial charge in [-0.25, -0.2) is 4.79 Å². The summed E-state index contributed by atoms with van der Waals surface area (Å²) in [5, 5.41) is 0. The number of hydrogen-bond donors (Lipinski definition) is 0. The van der Waals surface area contributed by atoms with Gasteiger partial charge in [-0.05, 0) is 36.4 Å². The number of hydrogen-bond acceptors (Lipinski definition) is 7. The molecule has 0 amide bonds. The zero-order chi connectivity index (χ0) is 18.9. The van der Waals surface area contributed by atoms with Crippen molar-refractivity contribution in [1.82, 2.24) is 0 Å². The van der Waals surface area contributed by atoms with E-state index >= 15 is 0 Å². The number of carbonyl (C=O) groups excluding carboxylic acids is 1. The molecule has 0 atom stereocenters. The summed E-state index contributed by atoms with van der Waals surface area (Å²) in [5.41, 5.74) is 0.295. The molecule has 2 aromatic rings. The normalized spacial score (nSPS) is 10.0. The summed E-state index contributed by atoms with van der Waals surface area (Å²) in [6, 6.07) is 10.2. The molecule has 2 rings (SSSR count). The Balaban J connectivity index is 1.92. The van der Waals surface area contributed by atoms with Crippen molar-refractivity contribution < 1.29 is 33.2 Å². The first kappa shape index (κ1) is 19.2. The second-order valence-corrected chi connectivity index (χ2v) is 5.07. The highest BCUT2D eigenvalue weighted by molar-refractivity contribution is 5.91. The molecular formula is C19H22O7. The van der Waals surface area contributed by atoms with Crippen LogP contribution in [0.4, 0.5) is 0 Å². The van der Waals surface area contributed by atoms with Gasteiger partial charge < -0.3 is 28.4 Å². The monoisotopic (exact) mass is 362 g/mol. The average molecular weight is 362 g/mol. The SMILES string of the molecule is COc1ccc(OCCOC(=O)c2cc(OC)c(OC)c(OC)c2)cc1. The molecule has 0 aromatic heterocycles.